The molecule has 1 heterocycles. The van der Waals surface area contributed by atoms with Crippen LogP contribution in [0.2, 0.25) is 0 Å². The molecule has 0 saturated carbocycles. The third-order valence-electron chi connectivity index (χ3n) is 2.94. The minimum atomic E-state index is -0.918. The van der Waals surface area contributed by atoms with Gasteiger partial charge in [-0.3, -0.25) is 9.59 Å². The van der Waals surface area contributed by atoms with E-state index in [1.54, 1.807) is 6.92 Å². The Bertz CT molecular complexity index is 277. The Morgan fingerprint density at radius 1 is 1.50 bits per heavy atom. The fourth-order valence-electron chi connectivity index (χ4n) is 2.03. The molecule has 1 aliphatic rings. The van der Waals surface area contributed by atoms with Crippen molar-refractivity contribution in [2.24, 2.45) is 0 Å². The highest BCUT2D eigenvalue weighted by atomic mass is 16.5. The summed E-state index contributed by atoms with van der Waals surface area (Å²) >= 11 is 0. The van der Waals surface area contributed by atoms with Gasteiger partial charge in [0.25, 0.3) is 0 Å². The molecule has 6 heteroatoms. The van der Waals surface area contributed by atoms with Crippen molar-refractivity contribution in [3.05, 3.63) is 0 Å². The molecule has 1 aliphatic heterocycles. The van der Waals surface area contributed by atoms with Gasteiger partial charge < -0.3 is 20.5 Å². The topological polar surface area (TPSA) is 87.7 Å². The van der Waals surface area contributed by atoms with E-state index in [0.717, 1.165) is 25.8 Å². The van der Waals surface area contributed by atoms with Gasteiger partial charge >= 0.3 is 5.97 Å². The Morgan fingerprint density at radius 2 is 2.28 bits per heavy atom. The summed E-state index contributed by atoms with van der Waals surface area (Å²) in [6.07, 6.45) is 2.44. The number of rotatable bonds is 7. The van der Waals surface area contributed by atoms with Gasteiger partial charge in [0.05, 0.1) is 18.6 Å². The molecule has 1 amide bonds. The summed E-state index contributed by atoms with van der Waals surface area (Å²) in [5.41, 5.74) is 0. The summed E-state index contributed by atoms with van der Waals surface area (Å²) in [6.45, 7) is 3.36. The van der Waals surface area contributed by atoms with Gasteiger partial charge in [-0.1, -0.05) is 6.42 Å². The van der Waals surface area contributed by atoms with Crippen molar-refractivity contribution < 1.29 is 19.4 Å². The lowest BCUT2D eigenvalue weighted by Gasteiger charge is -2.23. The number of hydrogen-bond acceptors (Lipinski definition) is 4. The highest BCUT2D eigenvalue weighted by Gasteiger charge is 2.21. The summed E-state index contributed by atoms with van der Waals surface area (Å²) in [7, 11) is 0. The van der Waals surface area contributed by atoms with Gasteiger partial charge in [-0.2, -0.15) is 0 Å². The standard InChI is InChI=1S/C12H22N2O4/c1-2-18-9(7-11(15)16)8-14-12(17)10-5-3-4-6-13-10/h9-10,13H,2-8H2,1H3,(H,14,17)(H,15,16)/t9?,10-/m1/s1. The molecule has 0 radical (unpaired) electrons. The molecule has 0 spiro atoms. The molecule has 0 bridgehead atoms. The summed E-state index contributed by atoms with van der Waals surface area (Å²) in [5.74, 6) is -0.983. The molecule has 3 N–H and O–H groups in total. The summed E-state index contributed by atoms with van der Waals surface area (Å²) < 4.78 is 5.27. The number of carboxylic acids is 1. The molecule has 0 aromatic heterocycles. The van der Waals surface area contributed by atoms with Crippen LogP contribution in [-0.2, 0) is 14.3 Å². The second kappa shape index (κ2) is 8.05. The lowest BCUT2D eigenvalue weighted by atomic mass is 10.0. The summed E-state index contributed by atoms with van der Waals surface area (Å²) in [5, 5.41) is 14.6. The number of carbonyl (C=O) groups is 2. The molecular weight excluding hydrogens is 236 g/mol. The van der Waals surface area contributed by atoms with Crippen LogP contribution in [-0.4, -0.2) is 48.8 Å². The van der Waals surface area contributed by atoms with E-state index in [1.807, 2.05) is 0 Å². The maximum absolute atomic E-state index is 11.8. The zero-order valence-corrected chi connectivity index (χ0v) is 10.8. The summed E-state index contributed by atoms with van der Waals surface area (Å²) in [4.78, 5) is 22.4. The fourth-order valence-corrected chi connectivity index (χ4v) is 2.03. The van der Waals surface area contributed by atoms with Gasteiger partial charge in [-0.15, -0.1) is 0 Å². The lowest BCUT2D eigenvalue weighted by Crippen LogP contribution is -2.48. The van der Waals surface area contributed by atoms with Crippen LogP contribution in [0.15, 0.2) is 0 Å². The van der Waals surface area contributed by atoms with Crippen molar-refractivity contribution in [1.29, 1.82) is 0 Å². The smallest absolute Gasteiger partial charge is 0.306 e. The number of nitrogens with one attached hydrogen (secondary N) is 2. The lowest BCUT2D eigenvalue weighted by molar-refractivity contribution is -0.140. The molecule has 1 rings (SSSR count). The molecule has 1 saturated heterocycles. The molecule has 1 fully saturated rings. The van der Waals surface area contributed by atoms with Crippen molar-refractivity contribution in [2.75, 3.05) is 19.7 Å². The van der Waals surface area contributed by atoms with Crippen molar-refractivity contribution in [1.82, 2.24) is 10.6 Å². The van der Waals surface area contributed by atoms with Gasteiger partial charge in [0.2, 0.25) is 5.91 Å². The average molecular weight is 258 g/mol. The zero-order valence-electron chi connectivity index (χ0n) is 10.8. The number of carbonyl (C=O) groups excluding carboxylic acids is 1. The van der Waals surface area contributed by atoms with Crippen LogP contribution in [0.3, 0.4) is 0 Å². The predicted octanol–water partition coefficient (Wildman–Crippen LogP) is 0.125. The minimum Gasteiger partial charge on any atom is -0.481 e. The SMILES string of the molecule is CCOC(CNC(=O)[C@H]1CCCCN1)CC(=O)O. The monoisotopic (exact) mass is 258 g/mol. The van der Waals surface area contributed by atoms with E-state index < -0.39 is 12.1 Å². The van der Waals surface area contributed by atoms with Crippen LogP contribution in [0.1, 0.15) is 32.6 Å². The van der Waals surface area contributed by atoms with Gasteiger partial charge in [-0.25, -0.2) is 0 Å². The summed E-state index contributed by atoms with van der Waals surface area (Å²) in [6, 6.07) is -0.147. The van der Waals surface area contributed by atoms with Gasteiger partial charge in [0.15, 0.2) is 0 Å². The van der Waals surface area contributed by atoms with Gasteiger partial charge in [-0.05, 0) is 26.3 Å². The van der Waals surface area contributed by atoms with Crippen molar-refractivity contribution in [3.8, 4) is 0 Å². The van der Waals surface area contributed by atoms with Crippen molar-refractivity contribution >= 4 is 11.9 Å². The second-order valence-corrected chi connectivity index (χ2v) is 4.42. The van der Waals surface area contributed by atoms with Crippen molar-refractivity contribution in [2.45, 2.75) is 44.8 Å². The van der Waals surface area contributed by atoms with E-state index >= 15 is 0 Å². The fraction of sp³-hybridized carbons (Fsp3) is 0.833. The van der Waals surface area contributed by atoms with Gasteiger partial charge in [0, 0.05) is 13.2 Å². The number of aliphatic carboxylic acids is 1. The number of amides is 1. The first-order chi connectivity index (χ1) is 8.63. The van der Waals surface area contributed by atoms with Crippen LogP contribution < -0.4 is 10.6 Å². The number of hydrogen-bond donors (Lipinski definition) is 3. The molecular formula is C12H22N2O4. The molecule has 104 valence electrons. The van der Waals surface area contributed by atoms with E-state index in [1.165, 1.54) is 0 Å². The molecule has 0 aliphatic carbocycles. The van der Waals surface area contributed by atoms with E-state index in [0.29, 0.717) is 6.61 Å². The minimum absolute atomic E-state index is 0.0650. The highest BCUT2D eigenvalue weighted by molar-refractivity contribution is 5.81. The first-order valence-electron chi connectivity index (χ1n) is 6.48. The molecule has 18 heavy (non-hydrogen) atoms. The highest BCUT2D eigenvalue weighted by Crippen LogP contribution is 2.07. The number of carboxylic acid groups (broad SMARTS) is 1. The van der Waals surface area contributed by atoms with E-state index in [9.17, 15) is 9.59 Å². The quantitative estimate of drug-likeness (QED) is 0.604. The van der Waals surface area contributed by atoms with Crippen LogP contribution in [0, 0.1) is 0 Å². The average Bonchev–Trinajstić information content (AvgIpc) is 2.36. The van der Waals surface area contributed by atoms with E-state index in [-0.39, 0.29) is 24.9 Å². The molecule has 0 aromatic rings. The second-order valence-electron chi connectivity index (χ2n) is 4.42. The largest absolute Gasteiger partial charge is 0.481 e. The zero-order chi connectivity index (χ0) is 13.4. The third kappa shape index (κ3) is 5.46. The first-order valence-corrected chi connectivity index (χ1v) is 6.48. The first kappa shape index (κ1) is 14.9. The van der Waals surface area contributed by atoms with E-state index in [2.05, 4.69) is 10.6 Å². The third-order valence-corrected chi connectivity index (χ3v) is 2.94. The van der Waals surface area contributed by atoms with E-state index in [4.69, 9.17) is 9.84 Å². The maximum Gasteiger partial charge on any atom is 0.306 e. The Morgan fingerprint density at radius 3 is 2.83 bits per heavy atom. The molecule has 0 aromatic carbocycles. The molecule has 2 atom stereocenters. The number of piperidine rings is 1. The Labute approximate surface area is 107 Å². The Hall–Kier alpha value is -1.14. The maximum atomic E-state index is 11.8. The van der Waals surface area contributed by atoms with Crippen LogP contribution in [0.25, 0.3) is 0 Å². The molecule has 1 unspecified atom stereocenters. The van der Waals surface area contributed by atoms with Crippen LogP contribution in [0.4, 0.5) is 0 Å². The Kier molecular flexibility index (Phi) is 6.67. The van der Waals surface area contributed by atoms with Gasteiger partial charge in [0.1, 0.15) is 0 Å². The van der Waals surface area contributed by atoms with Crippen LogP contribution in [0.5, 0.6) is 0 Å². The van der Waals surface area contributed by atoms with Crippen LogP contribution >= 0.6 is 0 Å². The predicted molar refractivity (Wildman–Crippen MR) is 66.3 cm³/mol. The Balaban J connectivity index is 2.31. The normalized spacial score (nSPS) is 21.3. The number of ether oxygens (including phenoxy) is 1. The molecule has 6 nitrogen and oxygen atoms in total. The van der Waals surface area contributed by atoms with Crippen molar-refractivity contribution in [3.63, 3.8) is 0 Å².